The summed E-state index contributed by atoms with van der Waals surface area (Å²) in [6.45, 7) is 3.88. The number of halogens is 2. The lowest BCUT2D eigenvalue weighted by Gasteiger charge is -2.14. The first-order chi connectivity index (χ1) is 14.9. The molecule has 0 fully saturated rings. The Bertz CT molecular complexity index is 772. The fraction of sp³-hybridized carbons (Fsp3) is 0.591. The molecule has 0 radical (unpaired) electrons. The Balaban J connectivity index is 1.64. The number of hydrogen-bond acceptors (Lipinski definition) is 5. The predicted molar refractivity (Wildman–Crippen MR) is 128 cm³/mol. The number of unbranched alkanes of at least 4 members (excludes halogenated alkanes) is 4. The highest BCUT2D eigenvalue weighted by molar-refractivity contribution is 6.42. The molecule has 1 atom stereocenters. The number of amides is 2. The van der Waals surface area contributed by atoms with E-state index in [1.54, 1.807) is 17.1 Å². The summed E-state index contributed by atoms with van der Waals surface area (Å²) in [5.74, 6) is 0.665. The van der Waals surface area contributed by atoms with Crippen LogP contribution < -0.4 is 21.4 Å². The summed E-state index contributed by atoms with van der Waals surface area (Å²) in [6.07, 6.45) is 6.70. The smallest absolute Gasteiger partial charge is 0.225 e. The first-order valence-corrected chi connectivity index (χ1v) is 11.7. The van der Waals surface area contributed by atoms with Gasteiger partial charge in [0.15, 0.2) is 0 Å². The van der Waals surface area contributed by atoms with Crippen LogP contribution in [0.25, 0.3) is 0 Å². The molecule has 0 bridgehead atoms. The van der Waals surface area contributed by atoms with Crippen molar-refractivity contribution < 1.29 is 9.59 Å². The summed E-state index contributed by atoms with van der Waals surface area (Å²) < 4.78 is 0. The summed E-state index contributed by atoms with van der Waals surface area (Å²) in [4.78, 5) is 24.1. The topological polar surface area (TPSA) is 99.8 Å². The average molecular weight is 470 g/mol. The van der Waals surface area contributed by atoms with Crippen molar-refractivity contribution in [3.05, 3.63) is 28.2 Å². The number of carbonyl (C=O) groups is 2. The van der Waals surface area contributed by atoms with Gasteiger partial charge in [-0.3, -0.25) is 14.6 Å². The van der Waals surface area contributed by atoms with Crippen molar-refractivity contribution in [3.8, 4) is 0 Å². The molecule has 0 spiro atoms. The number of nitrogens with zero attached hydrogens (tertiary/aromatic N) is 2. The quantitative estimate of drug-likeness (QED) is 0.401. The number of hydrogen-bond donors (Lipinski definition) is 3. The predicted octanol–water partition coefficient (Wildman–Crippen LogP) is 4.07. The largest absolute Gasteiger partial charge is 0.356 e. The Hall–Kier alpha value is -1.83. The van der Waals surface area contributed by atoms with Gasteiger partial charge in [0.25, 0.3) is 0 Å². The van der Waals surface area contributed by atoms with Gasteiger partial charge in [-0.25, -0.2) is 0 Å². The van der Waals surface area contributed by atoms with Crippen LogP contribution in [0, 0.1) is 5.92 Å². The maximum Gasteiger partial charge on any atom is 0.225 e. The number of hydrazone groups is 1. The maximum atomic E-state index is 12.3. The zero-order valence-corrected chi connectivity index (χ0v) is 19.6. The minimum atomic E-state index is -0.101. The molecule has 172 valence electrons. The molecule has 1 unspecified atom stereocenters. The number of amidine groups is 1. The van der Waals surface area contributed by atoms with Crippen LogP contribution in [0.4, 0.5) is 5.69 Å². The molecular formula is C22H33Cl2N5O2. The second kappa shape index (κ2) is 13.6. The van der Waals surface area contributed by atoms with Crippen molar-refractivity contribution in [3.63, 3.8) is 0 Å². The van der Waals surface area contributed by atoms with E-state index in [0.29, 0.717) is 48.2 Å². The van der Waals surface area contributed by atoms with Gasteiger partial charge >= 0.3 is 0 Å². The molecule has 1 aromatic carbocycles. The summed E-state index contributed by atoms with van der Waals surface area (Å²) in [7, 11) is 0. The second-order valence-corrected chi connectivity index (χ2v) is 8.69. The van der Waals surface area contributed by atoms with Gasteiger partial charge in [-0.15, -0.1) is 0 Å². The maximum absolute atomic E-state index is 12.3. The number of anilines is 1. The lowest BCUT2D eigenvalue weighted by atomic mass is 10.1. The Kier molecular flexibility index (Phi) is 11.1. The van der Waals surface area contributed by atoms with Crippen molar-refractivity contribution in [1.29, 1.82) is 0 Å². The standard InChI is InChI=1S/C22H33Cl2N5O2/c1-16-15-29(17-10-11-18(23)19(24)14-17)28-22(16)27-21(31)9-7-13-26-20(30)8-5-3-2-4-6-12-25/h10-11,14,16H,2-9,12-13,15,25H2,1H3,(H,26,30)(H,27,28,31). The van der Waals surface area contributed by atoms with Gasteiger partial charge in [-0.05, 0) is 44.0 Å². The van der Waals surface area contributed by atoms with E-state index >= 15 is 0 Å². The lowest BCUT2D eigenvalue weighted by molar-refractivity contribution is -0.122. The molecule has 0 saturated carbocycles. The van der Waals surface area contributed by atoms with Gasteiger partial charge in [-0.1, -0.05) is 49.4 Å². The van der Waals surface area contributed by atoms with Gasteiger partial charge in [-0.2, -0.15) is 5.10 Å². The van der Waals surface area contributed by atoms with E-state index in [0.717, 1.165) is 44.3 Å². The molecule has 0 saturated heterocycles. The fourth-order valence-corrected chi connectivity index (χ4v) is 3.60. The third-order valence-corrected chi connectivity index (χ3v) is 5.86. The van der Waals surface area contributed by atoms with Crippen LogP contribution in [-0.4, -0.2) is 37.3 Å². The summed E-state index contributed by atoms with van der Waals surface area (Å²) in [5, 5.41) is 13.0. The van der Waals surface area contributed by atoms with Crippen molar-refractivity contribution in [2.45, 2.75) is 58.3 Å². The fourth-order valence-electron chi connectivity index (χ4n) is 3.30. The first-order valence-electron chi connectivity index (χ1n) is 11.0. The summed E-state index contributed by atoms with van der Waals surface area (Å²) in [6, 6.07) is 5.33. The van der Waals surface area contributed by atoms with Gasteiger partial charge in [0.2, 0.25) is 11.8 Å². The zero-order chi connectivity index (χ0) is 22.6. The van der Waals surface area contributed by atoms with Crippen LogP contribution in [-0.2, 0) is 9.59 Å². The molecular weight excluding hydrogens is 437 g/mol. The Labute approximate surface area is 194 Å². The molecule has 7 nitrogen and oxygen atoms in total. The number of nitrogens with two attached hydrogens (primary N) is 1. The minimum Gasteiger partial charge on any atom is -0.356 e. The number of carbonyl (C=O) groups excluding carboxylic acids is 2. The molecule has 1 aliphatic rings. The monoisotopic (exact) mass is 469 g/mol. The highest BCUT2D eigenvalue weighted by Gasteiger charge is 2.25. The van der Waals surface area contributed by atoms with Crippen molar-refractivity contribution in [2.24, 2.45) is 16.8 Å². The van der Waals surface area contributed by atoms with Crippen molar-refractivity contribution >= 4 is 46.5 Å². The van der Waals surface area contributed by atoms with E-state index in [1.165, 1.54) is 0 Å². The highest BCUT2D eigenvalue weighted by atomic mass is 35.5. The van der Waals surface area contributed by atoms with Crippen LogP contribution in [0.15, 0.2) is 23.3 Å². The number of rotatable bonds is 12. The molecule has 0 aliphatic carbocycles. The van der Waals surface area contributed by atoms with E-state index in [9.17, 15) is 9.59 Å². The third kappa shape index (κ3) is 9.05. The zero-order valence-electron chi connectivity index (χ0n) is 18.1. The second-order valence-electron chi connectivity index (χ2n) is 7.87. The van der Waals surface area contributed by atoms with Crippen molar-refractivity contribution in [1.82, 2.24) is 10.6 Å². The van der Waals surface area contributed by atoms with Gasteiger partial charge in [0.1, 0.15) is 5.84 Å². The van der Waals surface area contributed by atoms with E-state index in [-0.39, 0.29) is 17.7 Å². The van der Waals surface area contributed by atoms with E-state index in [1.807, 2.05) is 13.0 Å². The Morgan fingerprint density at radius 2 is 1.77 bits per heavy atom. The number of benzene rings is 1. The Morgan fingerprint density at radius 1 is 1.06 bits per heavy atom. The molecule has 2 amide bonds. The van der Waals surface area contributed by atoms with Crippen LogP contribution in [0.3, 0.4) is 0 Å². The summed E-state index contributed by atoms with van der Waals surface area (Å²) in [5.41, 5.74) is 6.29. The molecule has 31 heavy (non-hydrogen) atoms. The third-order valence-electron chi connectivity index (χ3n) is 5.12. The molecule has 1 aliphatic heterocycles. The van der Waals surface area contributed by atoms with Crippen LogP contribution in [0.2, 0.25) is 10.0 Å². The van der Waals surface area contributed by atoms with Crippen LogP contribution >= 0.6 is 23.2 Å². The van der Waals surface area contributed by atoms with E-state index in [4.69, 9.17) is 28.9 Å². The molecule has 1 heterocycles. The SMILES string of the molecule is CC1CN(c2ccc(Cl)c(Cl)c2)N=C1NC(=O)CCCNC(=O)CCCCCCCN. The van der Waals surface area contributed by atoms with Crippen molar-refractivity contribution in [2.75, 3.05) is 24.6 Å². The summed E-state index contributed by atoms with van der Waals surface area (Å²) >= 11 is 12.1. The van der Waals surface area contributed by atoms with Crippen LogP contribution in [0.5, 0.6) is 0 Å². The molecule has 0 aromatic heterocycles. The number of nitrogens with one attached hydrogen (secondary N) is 2. The first kappa shape index (κ1) is 25.4. The van der Waals surface area contributed by atoms with Gasteiger partial charge in [0, 0.05) is 25.3 Å². The van der Waals surface area contributed by atoms with Gasteiger partial charge in [0.05, 0.1) is 22.3 Å². The van der Waals surface area contributed by atoms with Crippen LogP contribution in [0.1, 0.15) is 58.3 Å². The normalized spacial score (nSPS) is 15.7. The molecule has 4 N–H and O–H groups in total. The average Bonchev–Trinajstić information content (AvgIpc) is 3.10. The van der Waals surface area contributed by atoms with E-state index < -0.39 is 0 Å². The Morgan fingerprint density at radius 3 is 2.52 bits per heavy atom. The minimum absolute atomic E-state index is 0.0466. The lowest BCUT2D eigenvalue weighted by Crippen LogP contribution is -2.34. The van der Waals surface area contributed by atoms with E-state index in [2.05, 4.69) is 15.7 Å². The molecule has 2 rings (SSSR count). The molecule has 9 heteroatoms. The van der Waals surface area contributed by atoms with Gasteiger partial charge < -0.3 is 16.4 Å². The molecule has 1 aromatic rings. The highest BCUT2D eigenvalue weighted by Crippen LogP contribution is 2.29.